The van der Waals surface area contributed by atoms with Gasteiger partial charge in [0.15, 0.2) is 16.6 Å². The number of nitrogens with one attached hydrogen (secondary N) is 1. The van der Waals surface area contributed by atoms with Crippen molar-refractivity contribution in [2.24, 2.45) is 5.10 Å². The molecule has 22 heavy (non-hydrogen) atoms. The highest BCUT2D eigenvalue weighted by Gasteiger charge is 2.14. The topological polar surface area (TPSA) is 110 Å². The van der Waals surface area contributed by atoms with Gasteiger partial charge in [-0.15, -0.1) is 0 Å². The third kappa shape index (κ3) is 3.29. The molecule has 7 nitrogen and oxygen atoms in total. The second-order valence-electron chi connectivity index (χ2n) is 4.19. The molecule has 0 radical (unpaired) electrons. The molecule has 0 fully saturated rings. The molecular weight excluding hydrogens is 328 g/mol. The Kier molecular flexibility index (Phi) is 4.84. The smallest absolute Gasteiger partial charge is 0.283 e. The zero-order valence-electron chi connectivity index (χ0n) is 11.8. The number of benzene rings is 1. The second kappa shape index (κ2) is 6.63. The summed E-state index contributed by atoms with van der Waals surface area (Å²) in [6, 6.07) is 3.14. The van der Waals surface area contributed by atoms with Crippen molar-refractivity contribution in [3.8, 4) is 11.5 Å². The van der Waals surface area contributed by atoms with Crippen molar-refractivity contribution in [1.29, 1.82) is 0 Å². The number of methoxy groups -OCH3 is 1. The van der Waals surface area contributed by atoms with Gasteiger partial charge >= 0.3 is 0 Å². The maximum absolute atomic E-state index is 11.9. The van der Waals surface area contributed by atoms with E-state index in [-0.39, 0.29) is 16.5 Å². The number of nitrogens with zero attached hydrogens (tertiary/aromatic N) is 2. The van der Waals surface area contributed by atoms with Gasteiger partial charge in [-0.3, -0.25) is 4.79 Å². The highest BCUT2D eigenvalue weighted by atomic mass is 35.5. The summed E-state index contributed by atoms with van der Waals surface area (Å²) in [6.07, 6.45) is 1.32. The largest absolute Gasteiger partial charge is 0.503 e. The van der Waals surface area contributed by atoms with E-state index in [2.05, 4.69) is 15.5 Å². The number of halogens is 1. The molecule has 4 N–H and O–H groups in total. The third-order valence-corrected chi connectivity index (χ3v) is 4.10. The summed E-state index contributed by atoms with van der Waals surface area (Å²) in [7, 11) is 1.42. The minimum Gasteiger partial charge on any atom is -0.503 e. The number of phenols is 1. The van der Waals surface area contributed by atoms with Crippen LogP contribution in [0.3, 0.4) is 0 Å². The second-order valence-corrected chi connectivity index (χ2v) is 5.59. The summed E-state index contributed by atoms with van der Waals surface area (Å²) in [5.74, 6) is -0.357. The van der Waals surface area contributed by atoms with E-state index in [9.17, 15) is 9.90 Å². The van der Waals surface area contributed by atoms with Gasteiger partial charge in [-0.25, -0.2) is 10.4 Å². The Bertz CT molecular complexity index is 745. The minimum absolute atomic E-state index is 0.0792. The van der Waals surface area contributed by atoms with Gasteiger partial charge in [-0.05, 0) is 19.1 Å². The number of aryl methyl sites for hydroxylation is 1. The van der Waals surface area contributed by atoms with Crippen LogP contribution in [0.2, 0.25) is 5.02 Å². The van der Waals surface area contributed by atoms with Crippen molar-refractivity contribution in [2.45, 2.75) is 6.92 Å². The fourth-order valence-electron chi connectivity index (χ4n) is 1.67. The van der Waals surface area contributed by atoms with E-state index in [1.807, 2.05) is 0 Å². The Morgan fingerprint density at radius 1 is 1.59 bits per heavy atom. The van der Waals surface area contributed by atoms with Crippen molar-refractivity contribution >= 4 is 40.2 Å². The van der Waals surface area contributed by atoms with Crippen LogP contribution in [0.5, 0.6) is 11.5 Å². The predicted octanol–water partition coefficient (Wildman–Crippen LogP) is 2.17. The molecule has 0 aliphatic rings. The molecule has 0 saturated carbocycles. The zero-order chi connectivity index (χ0) is 16.3. The van der Waals surface area contributed by atoms with E-state index in [0.717, 1.165) is 11.3 Å². The predicted molar refractivity (Wildman–Crippen MR) is 86.0 cm³/mol. The number of hydrogen-bond donors (Lipinski definition) is 3. The molecule has 0 atom stereocenters. The Labute approximate surface area is 135 Å². The third-order valence-electron chi connectivity index (χ3n) is 2.72. The molecule has 1 heterocycles. The molecule has 1 aromatic carbocycles. The fraction of sp³-hybridized carbons (Fsp3) is 0.154. The number of hydrazone groups is 1. The summed E-state index contributed by atoms with van der Waals surface area (Å²) in [5.41, 5.74) is 8.85. The number of aromatic hydroxyl groups is 1. The van der Waals surface area contributed by atoms with E-state index in [1.54, 1.807) is 19.1 Å². The van der Waals surface area contributed by atoms with Crippen LogP contribution >= 0.6 is 22.9 Å². The molecule has 116 valence electrons. The average molecular weight is 341 g/mol. The molecule has 0 aliphatic heterocycles. The number of nitrogens with two attached hydrogens (primary N) is 1. The van der Waals surface area contributed by atoms with E-state index >= 15 is 0 Å². The van der Waals surface area contributed by atoms with Crippen LogP contribution in [0.4, 0.5) is 5.13 Å². The highest BCUT2D eigenvalue weighted by Crippen LogP contribution is 2.35. The van der Waals surface area contributed by atoms with Gasteiger partial charge in [-0.1, -0.05) is 22.9 Å². The number of phenolic OH excluding ortho intramolecular Hbond substituents is 1. The Balaban J connectivity index is 2.12. The van der Waals surface area contributed by atoms with Gasteiger partial charge < -0.3 is 15.6 Å². The number of ether oxygens (including phenoxy) is 1. The highest BCUT2D eigenvalue weighted by molar-refractivity contribution is 7.17. The summed E-state index contributed by atoms with van der Waals surface area (Å²) in [4.78, 5) is 16.3. The molecule has 9 heteroatoms. The van der Waals surface area contributed by atoms with Crippen molar-refractivity contribution in [3.05, 3.63) is 33.3 Å². The van der Waals surface area contributed by atoms with Gasteiger partial charge in [0, 0.05) is 5.56 Å². The lowest BCUT2D eigenvalue weighted by molar-refractivity contribution is 0.0958. The van der Waals surface area contributed by atoms with E-state index in [0.29, 0.717) is 21.3 Å². The zero-order valence-corrected chi connectivity index (χ0v) is 13.3. The average Bonchev–Trinajstić information content (AvgIpc) is 2.82. The minimum atomic E-state index is -0.420. The maximum atomic E-state index is 11.9. The van der Waals surface area contributed by atoms with Crippen molar-refractivity contribution in [3.63, 3.8) is 0 Å². The molecule has 0 unspecified atom stereocenters. The Hall–Kier alpha value is -2.32. The molecule has 0 bridgehead atoms. The number of nitrogen functional groups attached to an aromatic ring is 1. The molecule has 2 aromatic rings. The monoisotopic (exact) mass is 340 g/mol. The van der Waals surface area contributed by atoms with Crippen molar-refractivity contribution in [2.75, 3.05) is 12.8 Å². The van der Waals surface area contributed by atoms with Crippen LogP contribution in [0.15, 0.2) is 17.2 Å². The van der Waals surface area contributed by atoms with Gasteiger partial charge in [0.2, 0.25) is 0 Å². The summed E-state index contributed by atoms with van der Waals surface area (Å²) < 4.78 is 4.93. The number of rotatable bonds is 4. The van der Waals surface area contributed by atoms with Gasteiger partial charge in [0.05, 0.1) is 24.0 Å². The molecule has 0 saturated heterocycles. The first-order valence-corrected chi connectivity index (χ1v) is 7.25. The summed E-state index contributed by atoms with van der Waals surface area (Å²) >= 11 is 7.06. The van der Waals surface area contributed by atoms with Gasteiger partial charge in [0.25, 0.3) is 5.91 Å². The molecule has 0 spiro atoms. The number of carbonyl (C=O) groups excluding carboxylic acids is 1. The number of hydrogen-bond acceptors (Lipinski definition) is 7. The summed E-state index contributed by atoms with van der Waals surface area (Å²) in [6.45, 7) is 1.68. The van der Waals surface area contributed by atoms with Crippen molar-refractivity contribution < 1.29 is 14.6 Å². The van der Waals surface area contributed by atoms with E-state index in [1.165, 1.54) is 13.3 Å². The molecule has 1 amide bonds. The number of carbonyl (C=O) groups is 1. The molecule has 0 aliphatic carbocycles. The van der Waals surface area contributed by atoms with E-state index in [4.69, 9.17) is 22.1 Å². The number of anilines is 1. The molecule has 2 rings (SSSR count). The van der Waals surface area contributed by atoms with Crippen LogP contribution in [0, 0.1) is 6.92 Å². The van der Waals surface area contributed by atoms with Crippen molar-refractivity contribution in [1.82, 2.24) is 10.4 Å². The fourth-order valence-corrected chi connectivity index (χ4v) is 2.59. The normalized spacial score (nSPS) is 10.9. The molecular formula is C13H13ClN4O3S. The summed E-state index contributed by atoms with van der Waals surface area (Å²) in [5, 5.41) is 14.0. The van der Waals surface area contributed by atoms with Crippen LogP contribution in [0.1, 0.15) is 20.9 Å². The quantitative estimate of drug-likeness (QED) is 0.583. The van der Waals surface area contributed by atoms with Crippen LogP contribution in [-0.2, 0) is 0 Å². The first kappa shape index (κ1) is 16.1. The first-order valence-electron chi connectivity index (χ1n) is 6.05. The van der Waals surface area contributed by atoms with Crippen LogP contribution in [0.25, 0.3) is 0 Å². The maximum Gasteiger partial charge on any atom is 0.283 e. The lowest BCUT2D eigenvalue weighted by Crippen LogP contribution is -2.17. The van der Waals surface area contributed by atoms with E-state index < -0.39 is 5.91 Å². The molecule has 1 aromatic heterocycles. The number of thiazole rings is 1. The van der Waals surface area contributed by atoms with Gasteiger partial charge in [0.1, 0.15) is 4.88 Å². The van der Waals surface area contributed by atoms with Crippen LogP contribution in [-0.4, -0.2) is 29.3 Å². The lowest BCUT2D eigenvalue weighted by atomic mass is 10.2. The first-order chi connectivity index (χ1) is 10.4. The SMILES string of the molecule is COc1ccc(/C=N\NC(=O)c2sc(N)nc2C)c(Cl)c1O. The Morgan fingerprint density at radius 2 is 2.32 bits per heavy atom. The van der Waals surface area contributed by atoms with Crippen LogP contribution < -0.4 is 15.9 Å². The standard InChI is InChI=1S/C13H13ClN4O3S/c1-6-11(22-13(15)17-6)12(20)18-16-5-7-3-4-8(21-2)10(19)9(7)14/h3-5,19H,1-2H3,(H2,15,17)(H,18,20)/b16-5-. The number of aromatic nitrogens is 1. The lowest BCUT2D eigenvalue weighted by Gasteiger charge is -2.06. The number of amides is 1. The van der Waals surface area contributed by atoms with Gasteiger partial charge in [-0.2, -0.15) is 5.10 Å². The Morgan fingerprint density at radius 3 is 2.91 bits per heavy atom.